The fraction of sp³-hybridized carbons (Fsp3) is 0.455. The van der Waals surface area contributed by atoms with E-state index >= 15 is 0 Å². The molecule has 3 N–H and O–H groups in total. The summed E-state index contributed by atoms with van der Waals surface area (Å²) in [6, 6.07) is 1.81. The molecule has 1 heterocycles. The minimum Gasteiger partial charge on any atom is -0.466 e. The number of ether oxygens (including phenoxy) is 1. The van der Waals surface area contributed by atoms with Crippen LogP contribution in [0.5, 0.6) is 0 Å². The number of aromatic nitrogens is 1. The van der Waals surface area contributed by atoms with Crippen molar-refractivity contribution in [1.82, 2.24) is 4.98 Å². The molecule has 0 atom stereocenters. The lowest BCUT2D eigenvalue weighted by molar-refractivity contribution is -0.143. The summed E-state index contributed by atoms with van der Waals surface area (Å²) in [4.78, 5) is 14.9. The molecule has 0 aliphatic heterocycles. The van der Waals surface area contributed by atoms with Gasteiger partial charge < -0.3 is 15.8 Å². The van der Waals surface area contributed by atoms with Crippen LogP contribution in [0.3, 0.4) is 0 Å². The Morgan fingerprint density at radius 1 is 1.62 bits per heavy atom. The second-order valence-corrected chi connectivity index (χ2v) is 3.30. The third kappa shape index (κ3) is 4.16. The van der Waals surface area contributed by atoms with Crippen molar-refractivity contribution in [2.24, 2.45) is 0 Å². The maximum absolute atomic E-state index is 11.0. The molecule has 0 aliphatic carbocycles. The lowest BCUT2D eigenvalue weighted by atomic mass is 10.3. The van der Waals surface area contributed by atoms with Crippen molar-refractivity contribution in [3.8, 4) is 0 Å². The largest absolute Gasteiger partial charge is 0.466 e. The Hall–Kier alpha value is -1.78. The van der Waals surface area contributed by atoms with Gasteiger partial charge in [-0.3, -0.25) is 9.78 Å². The first-order chi connectivity index (χ1) is 7.74. The number of esters is 1. The van der Waals surface area contributed by atoms with Crippen LogP contribution < -0.4 is 11.1 Å². The maximum atomic E-state index is 11.0. The van der Waals surface area contributed by atoms with Gasteiger partial charge in [-0.1, -0.05) is 0 Å². The Morgan fingerprint density at radius 3 is 3.12 bits per heavy atom. The smallest absolute Gasteiger partial charge is 0.305 e. The number of anilines is 2. The maximum Gasteiger partial charge on any atom is 0.305 e. The van der Waals surface area contributed by atoms with Crippen molar-refractivity contribution in [3.63, 3.8) is 0 Å². The van der Waals surface area contributed by atoms with Gasteiger partial charge in [-0.2, -0.15) is 0 Å². The minimum absolute atomic E-state index is 0.160. The predicted octanol–water partition coefficient (Wildman–Crippen LogP) is 1.42. The number of nitrogens with zero attached hydrogens (tertiary/aromatic N) is 1. The second-order valence-electron chi connectivity index (χ2n) is 3.30. The highest BCUT2D eigenvalue weighted by Gasteiger charge is 2.01. The lowest BCUT2D eigenvalue weighted by Crippen LogP contribution is -2.09. The van der Waals surface area contributed by atoms with Gasteiger partial charge in [0.25, 0.3) is 0 Å². The van der Waals surface area contributed by atoms with Crippen LogP contribution in [0.15, 0.2) is 18.5 Å². The van der Waals surface area contributed by atoms with E-state index in [0.717, 1.165) is 12.1 Å². The Morgan fingerprint density at radius 2 is 2.44 bits per heavy atom. The number of hydrogen-bond donors (Lipinski definition) is 2. The lowest BCUT2D eigenvalue weighted by Gasteiger charge is -2.07. The average Bonchev–Trinajstić information content (AvgIpc) is 2.27. The SMILES string of the molecule is CCOC(=O)CCCNc1ccncc1N. The van der Waals surface area contributed by atoms with Crippen LogP contribution in [0.4, 0.5) is 11.4 Å². The zero-order chi connectivity index (χ0) is 11.8. The Kier molecular flexibility index (Phi) is 5.11. The quantitative estimate of drug-likeness (QED) is 0.563. The monoisotopic (exact) mass is 223 g/mol. The molecule has 16 heavy (non-hydrogen) atoms. The van der Waals surface area contributed by atoms with Gasteiger partial charge in [0.05, 0.1) is 24.2 Å². The molecular formula is C11H17N3O2. The molecule has 0 amide bonds. The molecule has 1 aromatic heterocycles. The van der Waals surface area contributed by atoms with Gasteiger partial charge >= 0.3 is 5.97 Å². The van der Waals surface area contributed by atoms with E-state index in [2.05, 4.69) is 10.3 Å². The Bertz CT molecular complexity index is 342. The van der Waals surface area contributed by atoms with Crippen molar-refractivity contribution in [3.05, 3.63) is 18.5 Å². The number of carbonyl (C=O) groups is 1. The van der Waals surface area contributed by atoms with Crippen LogP contribution in [-0.4, -0.2) is 24.1 Å². The number of nitrogens with one attached hydrogen (secondary N) is 1. The molecule has 0 fully saturated rings. The van der Waals surface area contributed by atoms with Crippen LogP contribution in [0.1, 0.15) is 19.8 Å². The van der Waals surface area contributed by atoms with E-state index in [0.29, 0.717) is 25.3 Å². The molecule has 0 aliphatic rings. The normalized spacial score (nSPS) is 9.81. The molecule has 5 heteroatoms. The van der Waals surface area contributed by atoms with E-state index in [-0.39, 0.29) is 5.97 Å². The molecule has 0 unspecified atom stereocenters. The topological polar surface area (TPSA) is 77.2 Å². The minimum atomic E-state index is -0.160. The molecule has 0 spiro atoms. The van der Waals surface area contributed by atoms with Gasteiger partial charge in [0.2, 0.25) is 0 Å². The molecule has 0 saturated carbocycles. The van der Waals surface area contributed by atoms with E-state index in [4.69, 9.17) is 10.5 Å². The first-order valence-corrected chi connectivity index (χ1v) is 5.33. The summed E-state index contributed by atoms with van der Waals surface area (Å²) in [6.07, 6.45) is 4.41. The molecule has 88 valence electrons. The van der Waals surface area contributed by atoms with Gasteiger partial charge in [-0.15, -0.1) is 0 Å². The van der Waals surface area contributed by atoms with Gasteiger partial charge in [0.15, 0.2) is 0 Å². The van der Waals surface area contributed by atoms with Gasteiger partial charge in [0, 0.05) is 19.2 Å². The van der Waals surface area contributed by atoms with Crippen LogP contribution in [-0.2, 0) is 9.53 Å². The van der Waals surface area contributed by atoms with Crippen LogP contribution in [0, 0.1) is 0 Å². The number of pyridine rings is 1. The predicted molar refractivity (Wildman–Crippen MR) is 63.0 cm³/mol. The third-order valence-electron chi connectivity index (χ3n) is 2.03. The van der Waals surface area contributed by atoms with Crippen LogP contribution in [0.2, 0.25) is 0 Å². The van der Waals surface area contributed by atoms with Crippen molar-refractivity contribution in [2.45, 2.75) is 19.8 Å². The number of hydrogen-bond acceptors (Lipinski definition) is 5. The summed E-state index contributed by atoms with van der Waals surface area (Å²) < 4.78 is 4.82. The highest BCUT2D eigenvalue weighted by atomic mass is 16.5. The van der Waals surface area contributed by atoms with Crippen molar-refractivity contribution >= 4 is 17.3 Å². The van der Waals surface area contributed by atoms with E-state index in [9.17, 15) is 4.79 Å². The number of carbonyl (C=O) groups excluding carboxylic acids is 1. The van der Waals surface area contributed by atoms with Crippen molar-refractivity contribution < 1.29 is 9.53 Å². The zero-order valence-electron chi connectivity index (χ0n) is 9.40. The third-order valence-corrected chi connectivity index (χ3v) is 2.03. The number of rotatable bonds is 6. The molecule has 0 saturated heterocycles. The summed E-state index contributed by atoms with van der Waals surface area (Å²) in [5.74, 6) is -0.160. The summed E-state index contributed by atoms with van der Waals surface area (Å²) >= 11 is 0. The first kappa shape index (κ1) is 12.3. The van der Waals surface area contributed by atoms with E-state index in [1.165, 1.54) is 0 Å². The number of nitrogens with two attached hydrogens (primary N) is 1. The van der Waals surface area contributed by atoms with E-state index < -0.39 is 0 Å². The van der Waals surface area contributed by atoms with E-state index in [1.54, 1.807) is 25.4 Å². The summed E-state index contributed by atoms with van der Waals surface area (Å²) in [5.41, 5.74) is 7.15. The highest BCUT2D eigenvalue weighted by Crippen LogP contribution is 2.14. The molecule has 5 nitrogen and oxygen atoms in total. The van der Waals surface area contributed by atoms with Crippen molar-refractivity contribution in [1.29, 1.82) is 0 Å². The first-order valence-electron chi connectivity index (χ1n) is 5.33. The molecule has 0 aromatic carbocycles. The molecule has 0 bridgehead atoms. The Labute approximate surface area is 95.0 Å². The second kappa shape index (κ2) is 6.66. The molecular weight excluding hydrogens is 206 g/mol. The Balaban J connectivity index is 2.21. The highest BCUT2D eigenvalue weighted by molar-refractivity contribution is 5.69. The van der Waals surface area contributed by atoms with Crippen LogP contribution >= 0.6 is 0 Å². The van der Waals surface area contributed by atoms with Gasteiger partial charge in [0.1, 0.15) is 0 Å². The fourth-order valence-electron chi connectivity index (χ4n) is 1.26. The van der Waals surface area contributed by atoms with Gasteiger partial charge in [-0.05, 0) is 19.4 Å². The summed E-state index contributed by atoms with van der Waals surface area (Å²) in [5, 5.41) is 3.14. The average molecular weight is 223 g/mol. The van der Waals surface area contributed by atoms with Crippen LogP contribution in [0.25, 0.3) is 0 Å². The van der Waals surface area contributed by atoms with E-state index in [1.807, 2.05) is 0 Å². The standard InChI is InChI=1S/C11H17N3O2/c1-2-16-11(15)4-3-6-14-10-5-7-13-8-9(10)12/h5,7-8H,2-4,6,12H2,1H3,(H,13,14). The molecule has 1 aromatic rings. The zero-order valence-corrected chi connectivity index (χ0v) is 9.40. The molecule has 0 radical (unpaired) electrons. The molecule has 1 rings (SSSR count). The summed E-state index contributed by atoms with van der Waals surface area (Å²) in [7, 11) is 0. The number of nitrogen functional groups attached to an aromatic ring is 1. The van der Waals surface area contributed by atoms with Gasteiger partial charge in [-0.25, -0.2) is 0 Å². The van der Waals surface area contributed by atoms with Crippen molar-refractivity contribution in [2.75, 3.05) is 24.2 Å². The summed E-state index contributed by atoms with van der Waals surface area (Å²) in [6.45, 7) is 2.92. The fourth-order valence-corrected chi connectivity index (χ4v) is 1.26.